The Labute approximate surface area is 131 Å². The number of rotatable bonds is 2. The highest BCUT2D eigenvalue weighted by atomic mass is 127. The third kappa shape index (κ3) is 2.28. The summed E-state index contributed by atoms with van der Waals surface area (Å²) in [6.07, 6.45) is 1.00. The summed E-state index contributed by atoms with van der Waals surface area (Å²) in [5.41, 5.74) is 2.12. The van der Waals surface area contributed by atoms with Crippen LogP contribution in [-0.4, -0.2) is 22.8 Å². The van der Waals surface area contributed by atoms with Crippen molar-refractivity contribution < 1.29 is 4.74 Å². The van der Waals surface area contributed by atoms with Gasteiger partial charge in [-0.25, -0.2) is 4.98 Å². The van der Waals surface area contributed by atoms with Gasteiger partial charge >= 0.3 is 0 Å². The lowest BCUT2D eigenvalue weighted by atomic mass is 10.0. The molecule has 3 nitrogen and oxygen atoms in total. The SMILES string of the molecule is CC(Cl)c1nc2cc(I)ccc2n1C1(C)CCOC1. The predicted octanol–water partition coefficient (Wildman–Crippen LogP) is 4.08. The molecule has 0 radical (unpaired) electrons. The van der Waals surface area contributed by atoms with E-state index in [-0.39, 0.29) is 10.9 Å². The molecule has 2 atom stereocenters. The largest absolute Gasteiger partial charge is 0.379 e. The van der Waals surface area contributed by atoms with Gasteiger partial charge in [-0.05, 0) is 61.1 Å². The van der Waals surface area contributed by atoms with E-state index in [1.807, 2.05) is 6.92 Å². The highest BCUT2D eigenvalue weighted by Gasteiger charge is 2.35. The molecule has 2 aromatic rings. The van der Waals surface area contributed by atoms with Crippen molar-refractivity contribution in [2.24, 2.45) is 0 Å². The molecule has 5 heteroatoms. The minimum Gasteiger partial charge on any atom is -0.379 e. The van der Waals surface area contributed by atoms with Gasteiger partial charge in [-0.3, -0.25) is 0 Å². The first-order chi connectivity index (χ1) is 9.01. The number of imidazole rings is 1. The molecule has 1 aromatic heterocycles. The Morgan fingerprint density at radius 2 is 2.32 bits per heavy atom. The second-order valence-electron chi connectivity index (χ2n) is 5.35. The average molecular weight is 391 g/mol. The second kappa shape index (κ2) is 4.90. The summed E-state index contributed by atoms with van der Waals surface area (Å²) in [7, 11) is 0. The molecule has 1 aliphatic heterocycles. The molecule has 0 bridgehead atoms. The van der Waals surface area contributed by atoms with Crippen molar-refractivity contribution in [1.29, 1.82) is 0 Å². The molecule has 0 aliphatic carbocycles. The summed E-state index contributed by atoms with van der Waals surface area (Å²) >= 11 is 8.65. The van der Waals surface area contributed by atoms with Crippen LogP contribution in [-0.2, 0) is 10.3 Å². The van der Waals surface area contributed by atoms with Crippen LogP contribution in [0.2, 0.25) is 0 Å². The van der Waals surface area contributed by atoms with Gasteiger partial charge in [-0.15, -0.1) is 11.6 Å². The van der Waals surface area contributed by atoms with E-state index in [2.05, 4.69) is 52.3 Å². The van der Waals surface area contributed by atoms with Crippen LogP contribution in [0.25, 0.3) is 11.0 Å². The summed E-state index contributed by atoms with van der Waals surface area (Å²) in [5, 5.41) is -0.109. The standard InChI is InChI=1S/C14H16ClIN2O/c1-9(15)13-17-11-7-10(16)3-4-12(11)18(13)14(2)5-6-19-8-14/h3-4,7,9H,5-6,8H2,1-2H3. The smallest absolute Gasteiger partial charge is 0.128 e. The third-order valence-corrected chi connectivity index (χ3v) is 4.60. The van der Waals surface area contributed by atoms with Gasteiger partial charge in [-0.1, -0.05) is 0 Å². The molecule has 2 heterocycles. The number of ether oxygens (including phenoxy) is 1. The van der Waals surface area contributed by atoms with Crippen LogP contribution < -0.4 is 0 Å². The van der Waals surface area contributed by atoms with E-state index in [4.69, 9.17) is 21.3 Å². The number of fused-ring (bicyclic) bond motifs is 1. The highest BCUT2D eigenvalue weighted by Crippen LogP contribution is 2.35. The average Bonchev–Trinajstić information content (AvgIpc) is 2.93. The lowest BCUT2D eigenvalue weighted by Crippen LogP contribution is -2.32. The molecule has 0 saturated carbocycles. The molecule has 19 heavy (non-hydrogen) atoms. The zero-order valence-electron chi connectivity index (χ0n) is 11.0. The van der Waals surface area contributed by atoms with E-state index in [0.717, 1.165) is 36.5 Å². The highest BCUT2D eigenvalue weighted by molar-refractivity contribution is 14.1. The van der Waals surface area contributed by atoms with Gasteiger partial charge in [0, 0.05) is 10.2 Å². The predicted molar refractivity (Wildman–Crippen MR) is 85.8 cm³/mol. The number of nitrogens with zero attached hydrogens (tertiary/aromatic N) is 2. The Morgan fingerprint density at radius 3 is 2.95 bits per heavy atom. The fourth-order valence-electron chi connectivity index (χ4n) is 2.74. The number of hydrogen-bond acceptors (Lipinski definition) is 2. The van der Waals surface area contributed by atoms with E-state index in [9.17, 15) is 0 Å². The maximum absolute atomic E-state index is 6.33. The summed E-state index contributed by atoms with van der Waals surface area (Å²) in [6.45, 7) is 5.73. The number of halogens is 2. The molecule has 1 aromatic carbocycles. The fraction of sp³-hybridized carbons (Fsp3) is 0.500. The molecule has 0 spiro atoms. The number of hydrogen-bond donors (Lipinski definition) is 0. The van der Waals surface area contributed by atoms with Crippen molar-refractivity contribution in [1.82, 2.24) is 9.55 Å². The molecule has 0 amide bonds. The zero-order valence-corrected chi connectivity index (χ0v) is 13.9. The Morgan fingerprint density at radius 1 is 1.53 bits per heavy atom. The maximum atomic E-state index is 6.33. The lowest BCUT2D eigenvalue weighted by molar-refractivity contribution is 0.162. The van der Waals surface area contributed by atoms with Crippen LogP contribution in [0.4, 0.5) is 0 Å². The van der Waals surface area contributed by atoms with Crippen LogP contribution in [0.15, 0.2) is 18.2 Å². The van der Waals surface area contributed by atoms with Crippen LogP contribution in [0, 0.1) is 3.57 Å². The quantitative estimate of drug-likeness (QED) is 0.571. The topological polar surface area (TPSA) is 27.1 Å². The minimum absolute atomic E-state index is 0.0416. The number of alkyl halides is 1. The Hall–Kier alpha value is -0.330. The van der Waals surface area contributed by atoms with Crippen LogP contribution in [0.1, 0.15) is 31.5 Å². The van der Waals surface area contributed by atoms with Crippen molar-refractivity contribution in [3.63, 3.8) is 0 Å². The Bertz CT molecular complexity index is 617. The van der Waals surface area contributed by atoms with Gasteiger partial charge in [0.05, 0.1) is 28.6 Å². The first-order valence-electron chi connectivity index (χ1n) is 6.41. The Balaban J connectivity index is 2.28. The first kappa shape index (κ1) is 13.6. The van der Waals surface area contributed by atoms with Crippen molar-refractivity contribution in [2.75, 3.05) is 13.2 Å². The fourth-order valence-corrected chi connectivity index (χ4v) is 3.36. The van der Waals surface area contributed by atoms with Gasteiger partial charge in [-0.2, -0.15) is 0 Å². The third-order valence-electron chi connectivity index (χ3n) is 3.74. The van der Waals surface area contributed by atoms with Crippen LogP contribution in [0.5, 0.6) is 0 Å². The molecule has 2 unspecified atom stereocenters. The monoisotopic (exact) mass is 390 g/mol. The van der Waals surface area contributed by atoms with Crippen LogP contribution >= 0.6 is 34.2 Å². The second-order valence-corrected chi connectivity index (χ2v) is 7.25. The van der Waals surface area contributed by atoms with Gasteiger partial charge in [0.15, 0.2) is 0 Å². The molecule has 1 fully saturated rings. The van der Waals surface area contributed by atoms with E-state index >= 15 is 0 Å². The molecule has 0 N–H and O–H groups in total. The Kier molecular flexibility index (Phi) is 3.52. The summed E-state index contributed by atoms with van der Waals surface area (Å²) < 4.78 is 9.07. The lowest BCUT2D eigenvalue weighted by Gasteiger charge is -2.27. The summed E-state index contributed by atoms with van der Waals surface area (Å²) in [4.78, 5) is 4.73. The van der Waals surface area contributed by atoms with Crippen molar-refractivity contribution in [3.05, 3.63) is 27.6 Å². The molecular weight excluding hydrogens is 375 g/mol. The van der Waals surface area contributed by atoms with E-state index in [1.165, 1.54) is 3.57 Å². The van der Waals surface area contributed by atoms with E-state index in [1.54, 1.807) is 0 Å². The molecule has 1 aliphatic rings. The minimum atomic E-state index is -0.109. The molecule has 102 valence electrons. The normalized spacial score (nSPS) is 25.1. The van der Waals surface area contributed by atoms with Gasteiger partial charge < -0.3 is 9.30 Å². The van der Waals surface area contributed by atoms with Crippen molar-refractivity contribution >= 4 is 45.2 Å². The molecule has 3 rings (SSSR count). The number of aromatic nitrogens is 2. The molecule has 1 saturated heterocycles. The maximum Gasteiger partial charge on any atom is 0.128 e. The van der Waals surface area contributed by atoms with Gasteiger partial charge in [0.1, 0.15) is 5.82 Å². The van der Waals surface area contributed by atoms with Crippen LogP contribution in [0.3, 0.4) is 0 Å². The van der Waals surface area contributed by atoms with E-state index in [0.29, 0.717) is 0 Å². The molecular formula is C14H16ClIN2O. The van der Waals surface area contributed by atoms with Crippen molar-refractivity contribution in [3.8, 4) is 0 Å². The van der Waals surface area contributed by atoms with Crippen molar-refractivity contribution in [2.45, 2.75) is 31.2 Å². The summed E-state index contributed by atoms with van der Waals surface area (Å²) in [5.74, 6) is 0.937. The van der Waals surface area contributed by atoms with E-state index < -0.39 is 0 Å². The summed E-state index contributed by atoms with van der Waals surface area (Å²) in [6, 6.07) is 6.35. The zero-order chi connectivity index (χ0) is 13.6. The first-order valence-corrected chi connectivity index (χ1v) is 7.93. The van der Waals surface area contributed by atoms with Gasteiger partial charge in [0.25, 0.3) is 0 Å². The van der Waals surface area contributed by atoms with Gasteiger partial charge in [0.2, 0.25) is 0 Å². The number of benzene rings is 1.